The third kappa shape index (κ3) is 1.10. The first-order chi connectivity index (χ1) is 5.77. The summed E-state index contributed by atoms with van der Waals surface area (Å²) in [5.74, 6) is 0.251. The third-order valence-electron chi connectivity index (χ3n) is 2.08. The van der Waals surface area contributed by atoms with Crippen LogP contribution in [0.5, 0.6) is 0 Å². The van der Waals surface area contributed by atoms with Gasteiger partial charge in [-0.3, -0.25) is 0 Å². The van der Waals surface area contributed by atoms with E-state index < -0.39 is 6.10 Å². The minimum Gasteiger partial charge on any atom is -0.512 e. The van der Waals surface area contributed by atoms with E-state index in [1.54, 1.807) is 6.08 Å². The van der Waals surface area contributed by atoms with Gasteiger partial charge in [0.2, 0.25) is 0 Å². The highest BCUT2D eigenvalue weighted by molar-refractivity contribution is 5.58. The Kier molecular flexibility index (Phi) is 1.62. The standard InChI is InChI=1S/C10H10O2/c11-8-5-7-3-1-2-4-9(7)10(12)6-8/h1-5,10-12H,6H2. The Morgan fingerprint density at radius 1 is 1.25 bits per heavy atom. The second-order valence-corrected chi connectivity index (χ2v) is 2.98. The molecule has 1 aliphatic rings. The Bertz CT molecular complexity index is 328. The quantitative estimate of drug-likeness (QED) is 0.612. The zero-order valence-electron chi connectivity index (χ0n) is 6.57. The first kappa shape index (κ1) is 7.37. The molecule has 0 radical (unpaired) electrons. The molecule has 2 rings (SSSR count). The summed E-state index contributed by atoms with van der Waals surface area (Å²) >= 11 is 0. The molecule has 2 heteroatoms. The van der Waals surface area contributed by atoms with Gasteiger partial charge in [0.05, 0.1) is 11.9 Å². The number of benzene rings is 1. The van der Waals surface area contributed by atoms with Crippen LogP contribution < -0.4 is 0 Å². The van der Waals surface area contributed by atoms with E-state index >= 15 is 0 Å². The lowest BCUT2D eigenvalue weighted by Gasteiger charge is -2.18. The van der Waals surface area contributed by atoms with Crippen LogP contribution in [0.1, 0.15) is 23.7 Å². The second-order valence-electron chi connectivity index (χ2n) is 2.98. The van der Waals surface area contributed by atoms with Gasteiger partial charge in [0, 0.05) is 6.42 Å². The molecule has 2 N–H and O–H groups in total. The van der Waals surface area contributed by atoms with Crippen molar-refractivity contribution < 1.29 is 10.2 Å². The van der Waals surface area contributed by atoms with Crippen LogP contribution in [0.25, 0.3) is 6.08 Å². The number of rotatable bonds is 0. The van der Waals surface area contributed by atoms with Crippen molar-refractivity contribution in [3.05, 3.63) is 41.2 Å². The predicted octanol–water partition coefficient (Wildman–Crippen LogP) is 2.02. The van der Waals surface area contributed by atoms with E-state index in [1.807, 2.05) is 24.3 Å². The van der Waals surface area contributed by atoms with Crippen LogP contribution in [0.15, 0.2) is 30.0 Å². The van der Waals surface area contributed by atoms with Crippen LogP contribution in [-0.2, 0) is 0 Å². The molecule has 2 nitrogen and oxygen atoms in total. The minimum atomic E-state index is -0.550. The minimum absolute atomic E-state index is 0.251. The van der Waals surface area contributed by atoms with E-state index in [0.717, 1.165) is 11.1 Å². The van der Waals surface area contributed by atoms with E-state index in [1.165, 1.54) is 0 Å². The molecule has 0 bridgehead atoms. The Morgan fingerprint density at radius 2 is 2.00 bits per heavy atom. The van der Waals surface area contributed by atoms with Gasteiger partial charge in [-0.15, -0.1) is 0 Å². The van der Waals surface area contributed by atoms with Crippen LogP contribution in [0.3, 0.4) is 0 Å². The van der Waals surface area contributed by atoms with Crippen LogP contribution in [0.2, 0.25) is 0 Å². The molecule has 1 atom stereocenters. The van der Waals surface area contributed by atoms with E-state index in [0.29, 0.717) is 6.42 Å². The average Bonchev–Trinajstić information content (AvgIpc) is 2.04. The lowest BCUT2D eigenvalue weighted by molar-refractivity contribution is 0.159. The highest BCUT2D eigenvalue weighted by Gasteiger charge is 2.17. The summed E-state index contributed by atoms with van der Waals surface area (Å²) in [6.45, 7) is 0. The van der Waals surface area contributed by atoms with Crippen LogP contribution >= 0.6 is 0 Å². The van der Waals surface area contributed by atoms with Crippen molar-refractivity contribution in [2.75, 3.05) is 0 Å². The van der Waals surface area contributed by atoms with Crippen molar-refractivity contribution in [1.82, 2.24) is 0 Å². The summed E-state index contributed by atoms with van der Waals surface area (Å²) in [4.78, 5) is 0. The van der Waals surface area contributed by atoms with Gasteiger partial charge in [0.1, 0.15) is 0 Å². The largest absolute Gasteiger partial charge is 0.512 e. The van der Waals surface area contributed by atoms with Crippen molar-refractivity contribution in [1.29, 1.82) is 0 Å². The maximum atomic E-state index is 9.53. The Hall–Kier alpha value is -1.28. The second kappa shape index (κ2) is 2.64. The van der Waals surface area contributed by atoms with Crippen LogP contribution in [0, 0.1) is 0 Å². The summed E-state index contributed by atoms with van der Waals surface area (Å²) < 4.78 is 0. The fraction of sp³-hybridized carbons (Fsp3) is 0.200. The lowest BCUT2D eigenvalue weighted by atomic mass is 9.94. The summed E-state index contributed by atoms with van der Waals surface area (Å²) in [7, 11) is 0. The molecule has 0 fully saturated rings. The fourth-order valence-corrected chi connectivity index (χ4v) is 1.49. The Morgan fingerprint density at radius 3 is 2.83 bits per heavy atom. The zero-order chi connectivity index (χ0) is 8.55. The average molecular weight is 162 g/mol. The molecular formula is C10H10O2. The predicted molar refractivity (Wildman–Crippen MR) is 46.6 cm³/mol. The van der Waals surface area contributed by atoms with Crippen LogP contribution in [-0.4, -0.2) is 10.2 Å². The molecule has 0 aromatic heterocycles. The maximum absolute atomic E-state index is 9.53. The topological polar surface area (TPSA) is 40.5 Å². The van der Waals surface area contributed by atoms with Crippen molar-refractivity contribution >= 4 is 6.08 Å². The van der Waals surface area contributed by atoms with Gasteiger partial charge in [-0.25, -0.2) is 0 Å². The monoisotopic (exact) mass is 162 g/mol. The SMILES string of the molecule is OC1=Cc2ccccc2C(O)C1. The molecule has 0 saturated carbocycles. The molecule has 0 saturated heterocycles. The molecule has 1 aliphatic carbocycles. The summed E-state index contributed by atoms with van der Waals surface area (Å²) in [5.41, 5.74) is 1.81. The highest BCUT2D eigenvalue weighted by Crippen LogP contribution is 2.29. The van der Waals surface area contributed by atoms with Gasteiger partial charge in [0.25, 0.3) is 0 Å². The summed E-state index contributed by atoms with van der Waals surface area (Å²) in [5, 5.41) is 18.8. The highest BCUT2D eigenvalue weighted by atomic mass is 16.3. The van der Waals surface area contributed by atoms with E-state index in [-0.39, 0.29) is 5.76 Å². The maximum Gasteiger partial charge on any atom is 0.0958 e. The van der Waals surface area contributed by atoms with E-state index in [9.17, 15) is 10.2 Å². The van der Waals surface area contributed by atoms with Crippen molar-refractivity contribution in [2.45, 2.75) is 12.5 Å². The zero-order valence-corrected chi connectivity index (χ0v) is 6.57. The molecule has 1 unspecified atom stereocenters. The molecular weight excluding hydrogens is 152 g/mol. The molecule has 0 amide bonds. The fourth-order valence-electron chi connectivity index (χ4n) is 1.49. The van der Waals surface area contributed by atoms with Gasteiger partial charge >= 0.3 is 0 Å². The normalized spacial score (nSPS) is 21.4. The molecule has 1 aromatic carbocycles. The first-order valence-corrected chi connectivity index (χ1v) is 3.94. The van der Waals surface area contributed by atoms with Crippen molar-refractivity contribution in [3.63, 3.8) is 0 Å². The number of aliphatic hydroxyl groups is 2. The van der Waals surface area contributed by atoms with Gasteiger partial charge in [-0.2, -0.15) is 0 Å². The number of hydrogen-bond donors (Lipinski definition) is 2. The molecule has 0 aliphatic heterocycles. The lowest BCUT2D eigenvalue weighted by Crippen LogP contribution is -2.05. The molecule has 12 heavy (non-hydrogen) atoms. The Labute approximate surface area is 70.8 Å². The van der Waals surface area contributed by atoms with Crippen LogP contribution in [0.4, 0.5) is 0 Å². The van der Waals surface area contributed by atoms with Gasteiger partial charge in [-0.05, 0) is 17.2 Å². The Balaban J connectivity index is 2.55. The van der Waals surface area contributed by atoms with Crippen molar-refractivity contribution in [3.8, 4) is 0 Å². The van der Waals surface area contributed by atoms with Gasteiger partial charge in [-0.1, -0.05) is 24.3 Å². The summed E-state index contributed by atoms with van der Waals surface area (Å²) in [6, 6.07) is 7.54. The number of aliphatic hydroxyl groups excluding tert-OH is 2. The molecule has 1 aromatic rings. The molecule has 62 valence electrons. The third-order valence-corrected chi connectivity index (χ3v) is 2.08. The smallest absolute Gasteiger partial charge is 0.0958 e. The molecule has 0 spiro atoms. The van der Waals surface area contributed by atoms with Crippen molar-refractivity contribution in [2.24, 2.45) is 0 Å². The van der Waals surface area contributed by atoms with Gasteiger partial charge in [0.15, 0.2) is 0 Å². The first-order valence-electron chi connectivity index (χ1n) is 3.94. The van der Waals surface area contributed by atoms with Gasteiger partial charge < -0.3 is 10.2 Å². The number of fused-ring (bicyclic) bond motifs is 1. The molecule has 0 heterocycles. The van der Waals surface area contributed by atoms with E-state index in [2.05, 4.69) is 0 Å². The summed E-state index contributed by atoms with van der Waals surface area (Å²) in [6.07, 6.45) is 1.48. The van der Waals surface area contributed by atoms with E-state index in [4.69, 9.17) is 0 Å². The number of hydrogen-bond acceptors (Lipinski definition) is 2.